The van der Waals surface area contributed by atoms with Crippen LogP contribution in [0.5, 0.6) is 5.75 Å². The van der Waals surface area contributed by atoms with Gasteiger partial charge in [0.1, 0.15) is 35.6 Å². The normalized spacial score (nSPS) is 15.1. The first-order valence-corrected chi connectivity index (χ1v) is 10.1. The first-order valence-electron chi connectivity index (χ1n) is 10.1. The topological polar surface area (TPSA) is 51.1 Å². The number of likely N-dealkylation sites (N-methyl/N-ethyl adjacent to an activating group) is 1. The molecule has 0 saturated carbocycles. The minimum absolute atomic E-state index is 0.0101. The average molecular weight is 436 g/mol. The highest BCUT2D eigenvalue weighted by molar-refractivity contribution is 5.95. The third kappa shape index (κ3) is 4.61. The molecule has 32 heavy (non-hydrogen) atoms. The van der Waals surface area contributed by atoms with E-state index in [2.05, 4.69) is 4.99 Å². The summed E-state index contributed by atoms with van der Waals surface area (Å²) < 4.78 is 39.0. The first kappa shape index (κ1) is 21.5. The Morgan fingerprint density at radius 2 is 1.59 bits per heavy atom. The van der Waals surface area contributed by atoms with Crippen molar-refractivity contribution in [3.8, 4) is 16.9 Å². The molecule has 1 aliphatic heterocycles. The van der Waals surface area contributed by atoms with E-state index in [9.17, 15) is 13.6 Å². The van der Waals surface area contributed by atoms with Crippen LogP contribution in [0.2, 0.25) is 0 Å². The molecule has 1 heterocycles. The van der Waals surface area contributed by atoms with E-state index in [-0.39, 0.29) is 36.6 Å². The molecule has 0 bridgehead atoms. The van der Waals surface area contributed by atoms with Crippen molar-refractivity contribution in [3.63, 3.8) is 0 Å². The van der Waals surface area contributed by atoms with Crippen LogP contribution < -0.4 is 4.74 Å². The van der Waals surface area contributed by atoms with Crippen molar-refractivity contribution >= 4 is 11.8 Å². The molecule has 1 amide bonds. The van der Waals surface area contributed by atoms with E-state index in [1.807, 2.05) is 48.5 Å². The fraction of sp³-hybridized carbons (Fsp3) is 0.200. The van der Waals surface area contributed by atoms with Crippen LogP contribution in [-0.2, 0) is 9.53 Å². The molecule has 3 aromatic carbocycles. The van der Waals surface area contributed by atoms with Gasteiger partial charge in [-0.25, -0.2) is 13.8 Å². The Morgan fingerprint density at radius 1 is 1.00 bits per heavy atom. The first-order chi connectivity index (χ1) is 15.4. The van der Waals surface area contributed by atoms with Crippen LogP contribution in [0.25, 0.3) is 11.1 Å². The Balaban J connectivity index is 1.45. The van der Waals surface area contributed by atoms with Gasteiger partial charge >= 0.3 is 0 Å². The van der Waals surface area contributed by atoms with Gasteiger partial charge in [0, 0.05) is 14.1 Å². The standard InChI is InChI=1S/C25H22F2N2O3/c1-29(2)23(30)15-31-19-12-10-17(11-13-19)16-6-8-18(9-7-16)22-14-32-25(28-22)24-20(26)4-3-5-21(24)27/h3-13,22H,14-15H2,1-2H3. The van der Waals surface area contributed by atoms with Crippen molar-refractivity contribution in [2.75, 3.05) is 27.3 Å². The van der Waals surface area contributed by atoms with Gasteiger partial charge in [0.15, 0.2) is 6.61 Å². The van der Waals surface area contributed by atoms with Crippen molar-refractivity contribution in [2.45, 2.75) is 6.04 Å². The molecule has 7 heteroatoms. The predicted octanol–water partition coefficient (Wildman–Crippen LogP) is 4.62. The van der Waals surface area contributed by atoms with Crippen LogP contribution in [0.15, 0.2) is 71.7 Å². The molecule has 1 unspecified atom stereocenters. The van der Waals surface area contributed by atoms with Gasteiger partial charge in [0.2, 0.25) is 5.90 Å². The summed E-state index contributed by atoms with van der Waals surface area (Å²) in [5.41, 5.74) is 2.64. The number of carbonyl (C=O) groups excluding carboxylic acids is 1. The predicted molar refractivity (Wildman–Crippen MR) is 118 cm³/mol. The minimum atomic E-state index is -0.696. The van der Waals surface area contributed by atoms with Crippen LogP contribution in [0.4, 0.5) is 8.78 Å². The van der Waals surface area contributed by atoms with E-state index in [1.165, 1.54) is 23.1 Å². The number of benzene rings is 3. The average Bonchev–Trinajstić information content (AvgIpc) is 3.27. The third-order valence-corrected chi connectivity index (χ3v) is 5.17. The minimum Gasteiger partial charge on any atom is -0.484 e. The molecule has 0 N–H and O–H groups in total. The van der Waals surface area contributed by atoms with Gasteiger partial charge in [-0.3, -0.25) is 4.79 Å². The molecule has 3 aromatic rings. The molecule has 164 valence electrons. The summed E-state index contributed by atoms with van der Waals surface area (Å²) in [4.78, 5) is 17.5. The Bertz CT molecular complexity index is 1120. The van der Waals surface area contributed by atoms with Gasteiger partial charge in [-0.15, -0.1) is 0 Å². The molecule has 0 spiro atoms. The number of halogens is 2. The highest BCUT2D eigenvalue weighted by Crippen LogP contribution is 2.29. The molecule has 0 saturated heterocycles. The van der Waals surface area contributed by atoms with Crippen LogP contribution in [-0.4, -0.2) is 44.0 Å². The quantitative estimate of drug-likeness (QED) is 0.567. The molecule has 0 radical (unpaired) electrons. The maximum Gasteiger partial charge on any atom is 0.259 e. The fourth-order valence-corrected chi connectivity index (χ4v) is 3.30. The van der Waals surface area contributed by atoms with E-state index in [0.717, 1.165) is 16.7 Å². The molecule has 0 fully saturated rings. The molecule has 5 nitrogen and oxygen atoms in total. The number of nitrogens with zero attached hydrogens (tertiary/aromatic N) is 2. The summed E-state index contributed by atoms with van der Waals surface area (Å²) >= 11 is 0. The summed E-state index contributed by atoms with van der Waals surface area (Å²) in [7, 11) is 3.36. The van der Waals surface area contributed by atoms with Crippen LogP contribution >= 0.6 is 0 Å². The van der Waals surface area contributed by atoms with Crippen molar-refractivity contribution < 1.29 is 23.0 Å². The largest absolute Gasteiger partial charge is 0.484 e. The van der Waals surface area contributed by atoms with Crippen LogP contribution in [0, 0.1) is 11.6 Å². The maximum atomic E-state index is 14.0. The van der Waals surface area contributed by atoms with Gasteiger partial charge in [-0.2, -0.15) is 0 Å². The van der Waals surface area contributed by atoms with Gasteiger partial charge in [-0.05, 0) is 41.0 Å². The lowest BCUT2D eigenvalue weighted by molar-refractivity contribution is -0.130. The molecular formula is C25H22F2N2O3. The van der Waals surface area contributed by atoms with Gasteiger partial charge in [-0.1, -0.05) is 42.5 Å². The van der Waals surface area contributed by atoms with E-state index in [4.69, 9.17) is 9.47 Å². The molecule has 1 atom stereocenters. The lowest BCUT2D eigenvalue weighted by Crippen LogP contribution is -2.27. The third-order valence-electron chi connectivity index (χ3n) is 5.17. The number of aliphatic imine (C=N–C) groups is 1. The lowest BCUT2D eigenvalue weighted by Gasteiger charge is -2.12. The molecule has 1 aliphatic rings. The Morgan fingerprint density at radius 3 is 2.19 bits per heavy atom. The Kier molecular flexibility index (Phi) is 6.16. The van der Waals surface area contributed by atoms with E-state index >= 15 is 0 Å². The second-order valence-electron chi connectivity index (χ2n) is 7.58. The van der Waals surface area contributed by atoms with E-state index in [0.29, 0.717) is 5.75 Å². The van der Waals surface area contributed by atoms with Gasteiger partial charge in [0.25, 0.3) is 5.91 Å². The summed E-state index contributed by atoms with van der Waals surface area (Å²) in [5.74, 6) is -0.899. The zero-order chi connectivity index (χ0) is 22.7. The Labute approximate surface area is 184 Å². The number of hydrogen-bond donors (Lipinski definition) is 0. The molecule has 0 aromatic heterocycles. The zero-order valence-electron chi connectivity index (χ0n) is 17.7. The van der Waals surface area contributed by atoms with Crippen molar-refractivity contribution in [1.29, 1.82) is 0 Å². The monoisotopic (exact) mass is 436 g/mol. The molecular weight excluding hydrogens is 414 g/mol. The second-order valence-corrected chi connectivity index (χ2v) is 7.58. The van der Waals surface area contributed by atoms with Crippen molar-refractivity contribution in [2.24, 2.45) is 4.99 Å². The number of hydrogen-bond acceptors (Lipinski definition) is 4. The Hall–Kier alpha value is -3.74. The van der Waals surface area contributed by atoms with Crippen molar-refractivity contribution in [1.82, 2.24) is 4.90 Å². The fourth-order valence-electron chi connectivity index (χ4n) is 3.30. The summed E-state index contributed by atoms with van der Waals surface area (Å²) in [6.07, 6.45) is 0. The van der Waals surface area contributed by atoms with Crippen molar-refractivity contribution in [3.05, 3.63) is 89.5 Å². The number of rotatable bonds is 6. The molecule has 0 aliphatic carbocycles. The summed E-state index contributed by atoms with van der Waals surface area (Å²) in [5, 5.41) is 0. The maximum absolute atomic E-state index is 14.0. The van der Waals surface area contributed by atoms with E-state index < -0.39 is 11.6 Å². The zero-order valence-corrected chi connectivity index (χ0v) is 17.7. The van der Waals surface area contributed by atoms with Gasteiger partial charge in [0.05, 0.1) is 0 Å². The second kappa shape index (κ2) is 9.18. The highest BCUT2D eigenvalue weighted by atomic mass is 19.1. The van der Waals surface area contributed by atoms with Gasteiger partial charge < -0.3 is 14.4 Å². The van der Waals surface area contributed by atoms with Crippen LogP contribution in [0.1, 0.15) is 17.2 Å². The number of amides is 1. The summed E-state index contributed by atoms with van der Waals surface area (Å²) in [6, 6.07) is 18.6. The number of carbonyl (C=O) groups is 1. The summed E-state index contributed by atoms with van der Waals surface area (Å²) in [6.45, 7) is 0.212. The lowest BCUT2D eigenvalue weighted by atomic mass is 10.0. The smallest absolute Gasteiger partial charge is 0.259 e. The van der Waals surface area contributed by atoms with Crippen LogP contribution in [0.3, 0.4) is 0 Å². The van der Waals surface area contributed by atoms with E-state index in [1.54, 1.807) is 14.1 Å². The number of ether oxygens (including phenoxy) is 2. The molecule has 4 rings (SSSR count). The SMILES string of the molecule is CN(C)C(=O)COc1ccc(-c2ccc(C3COC(c4c(F)cccc4F)=N3)cc2)cc1. The highest BCUT2D eigenvalue weighted by Gasteiger charge is 2.26.